The van der Waals surface area contributed by atoms with E-state index in [2.05, 4.69) is 10.0 Å². The van der Waals surface area contributed by atoms with Crippen LogP contribution in [-0.4, -0.2) is 51.4 Å². The molecule has 2 aliphatic heterocycles. The lowest BCUT2D eigenvalue weighted by Gasteiger charge is -2.26. The van der Waals surface area contributed by atoms with Gasteiger partial charge in [-0.1, -0.05) is 31.5 Å². The summed E-state index contributed by atoms with van der Waals surface area (Å²) >= 11 is 0. The van der Waals surface area contributed by atoms with Crippen molar-refractivity contribution in [3.63, 3.8) is 0 Å². The number of hydrogen-bond donors (Lipinski definition) is 2. The molecule has 0 saturated carbocycles. The van der Waals surface area contributed by atoms with Gasteiger partial charge in [0.15, 0.2) is 0 Å². The molecule has 2 aliphatic rings. The Bertz CT molecular complexity index is 734. The summed E-state index contributed by atoms with van der Waals surface area (Å²) in [4.78, 5) is 15.1. The van der Waals surface area contributed by atoms with Crippen LogP contribution in [0.5, 0.6) is 0 Å². The fraction of sp³-hybridized carbons (Fsp3) is 0.632. The zero-order chi connectivity index (χ0) is 18.9. The Morgan fingerprint density at radius 3 is 2.31 bits per heavy atom. The molecule has 2 N–H and O–H groups in total. The van der Waals surface area contributed by atoms with Gasteiger partial charge in [-0.15, -0.1) is 0 Å². The summed E-state index contributed by atoms with van der Waals surface area (Å²) in [6.45, 7) is 9.24. The fourth-order valence-corrected chi connectivity index (χ4v) is 5.10. The van der Waals surface area contributed by atoms with E-state index < -0.39 is 16.1 Å². The number of carbonyl (C=O) groups is 1. The fourth-order valence-electron chi connectivity index (χ4n) is 3.90. The van der Waals surface area contributed by atoms with Gasteiger partial charge < -0.3 is 10.2 Å². The molecular weight excluding hydrogens is 350 g/mol. The summed E-state index contributed by atoms with van der Waals surface area (Å²) in [5.41, 5.74) is 0.996. The lowest BCUT2D eigenvalue weighted by Crippen LogP contribution is -2.49. The SMILES string of the molecule is Cc1ccc(S(=O)(=O)NC(CC(C)C)C(=O)N2C[C@H]3CNC[C@H]3C2)cc1. The van der Waals surface area contributed by atoms with Crippen molar-refractivity contribution >= 4 is 15.9 Å². The van der Waals surface area contributed by atoms with Crippen molar-refractivity contribution in [1.82, 2.24) is 14.9 Å². The van der Waals surface area contributed by atoms with Crippen molar-refractivity contribution in [3.05, 3.63) is 29.8 Å². The number of rotatable bonds is 6. The molecule has 0 radical (unpaired) electrons. The number of benzene rings is 1. The number of nitrogens with zero attached hydrogens (tertiary/aromatic N) is 1. The molecule has 0 bridgehead atoms. The largest absolute Gasteiger partial charge is 0.341 e. The van der Waals surface area contributed by atoms with E-state index in [4.69, 9.17) is 0 Å². The van der Waals surface area contributed by atoms with E-state index >= 15 is 0 Å². The third-order valence-electron chi connectivity index (χ3n) is 5.34. The van der Waals surface area contributed by atoms with Crippen molar-refractivity contribution < 1.29 is 13.2 Å². The third-order valence-corrected chi connectivity index (χ3v) is 6.82. The molecule has 0 aliphatic carbocycles. The predicted octanol–water partition coefficient (Wildman–Crippen LogP) is 1.37. The molecule has 7 heteroatoms. The second-order valence-corrected chi connectivity index (χ2v) is 9.75. The van der Waals surface area contributed by atoms with Crippen molar-refractivity contribution in [2.24, 2.45) is 17.8 Å². The van der Waals surface area contributed by atoms with Crippen molar-refractivity contribution in [2.45, 2.75) is 38.1 Å². The molecule has 6 nitrogen and oxygen atoms in total. The molecule has 1 amide bonds. The quantitative estimate of drug-likeness (QED) is 0.782. The van der Waals surface area contributed by atoms with Gasteiger partial charge in [-0.25, -0.2) is 8.42 Å². The van der Waals surface area contributed by atoms with Gasteiger partial charge >= 0.3 is 0 Å². The van der Waals surface area contributed by atoms with E-state index in [1.807, 2.05) is 25.7 Å². The van der Waals surface area contributed by atoms with Gasteiger partial charge in [0, 0.05) is 26.2 Å². The summed E-state index contributed by atoms with van der Waals surface area (Å²) in [7, 11) is -3.72. The van der Waals surface area contributed by atoms with Crippen LogP contribution in [0.4, 0.5) is 0 Å². The molecule has 1 unspecified atom stereocenters. The highest BCUT2D eigenvalue weighted by atomic mass is 32.2. The van der Waals surface area contributed by atoms with E-state index in [1.165, 1.54) is 0 Å². The Labute approximate surface area is 156 Å². The monoisotopic (exact) mass is 379 g/mol. The average Bonchev–Trinajstić information content (AvgIpc) is 3.15. The Morgan fingerprint density at radius 2 is 1.77 bits per heavy atom. The predicted molar refractivity (Wildman–Crippen MR) is 101 cm³/mol. The van der Waals surface area contributed by atoms with Gasteiger partial charge in [-0.3, -0.25) is 4.79 Å². The summed E-state index contributed by atoms with van der Waals surface area (Å²) in [6.07, 6.45) is 0.494. The zero-order valence-electron chi connectivity index (χ0n) is 15.7. The van der Waals surface area contributed by atoms with E-state index in [0.717, 1.165) is 31.7 Å². The smallest absolute Gasteiger partial charge is 0.241 e. The van der Waals surface area contributed by atoms with E-state index in [-0.39, 0.29) is 16.7 Å². The van der Waals surface area contributed by atoms with Crippen molar-refractivity contribution in [3.8, 4) is 0 Å². The Hall–Kier alpha value is -1.44. The lowest BCUT2D eigenvalue weighted by molar-refractivity contribution is -0.132. The second-order valence-electron chi connectivity index (χ2n) is 8.04. The van der Waals surface area contributed by atoms with Gasteiger partial charge in [-0.2, -0.15) is 4.72 Å². The zero-order valence-corrected chi connectivity index (χ0v) is 16.6. The Balaban J connectivity index is 1.75. The third kappa shape index (κ3) is 4.27. The topological polar surface area (TPSA) is 78.5 Å². The van der Waals surface area contributed by atoms with Crippen LogP contribution in [0.2, 0.25) is 0 Å². The number of aryl methyl sites for hydroxylation is 1. The number of amides is 1. The molecule has 0 spiro atoms. The molecule has 3 rings (SSSR count). The minimum atomic E-state index is -3.72. The maximum Gasteiger partial charge on any atom is 0.241 e. The molecule has 2 fully saturated rings. The molecule has 1 aromatic rings. The first kappa shape index (κ1) is 19.3. The van der Waals surface area contributed by atoms with Crippen LogP contribution in [0, 0.1) is 24.7 Å². The highest BCUT2D eigenvalue weighted by Gasteiger charge is 2.40. The number of carbonyl (C=O) groups excluding carboxylic acids is 1. The Kier molecular flexibility index (Phi) is 5.69. The minimum absolute atomic E-state index is 0.0937. The summed E-state index contributed by atoms with van der Waals surface area (Å²) in [6, 6.07) is 5.99. The van der Waals surface area contributed by atoms with E-state index in [9.17, 15) is 13.2 Å². The first-order valence-electron chi connectivity index (χ1n) is 9.35. The van der Waals surface area contributed by atoms with Gasteiger partial charge in [0.05, 0.1) is 4.90 Å². The number of nitrogens with one attached hydrogen (secondary N) is 2. The maximum atomic E-state index is 13.1. The van der Waals surface area contributed by atoms with Crippen LogP contribution < -0.4 is 10.0 Å². The number of likely N-dealkylation sites (tertiary alicyclic amines) is 1. The van der Waals surface area contributed by atoms with Gasteiger partial charge in [0.1, 0.15) is 6.04 Å². The van der Waals surface area contributed by atoms with Gasteiger partial charge in [0.2, 0.25) is 15.9 Å². The molecule has 2 saturated heterocycles. The lowest BCUT2D eigenvalue weighted by atomic mass is 10.0. The first-order chi connectivity index (χ1) is 12.3. The number of fused-ring (bicyclic) bond motifs is 1. The van der Waals surface area contributed by atoms with Crippen LogP contribution in [0.1, 0.15) is 25.8 Å². The molecule has 3 atom stereocenters. The first-order valence-corrected chi connectivity index (χ1v) is 10.8. The summed E-state index contributed by atoms with van der Waals surface area (Å²) in [5.74, 6) is 1.11. The highest BCUT2D eigenvalue weighted by Crippen LogP contribution is 2.27. The van der Waals surface area contributed by atoms with Crippen molar-refractivity contribution in [2.75, 3.05) is 26.2 Å². The van der Waals surface area contributed by atoms with Crippen molar-refractivity contribution in [1.29, 1.82) is 0 Å². The summed E-state index contributed by atoms with van der Waals surface area (Å²) < 4.78 is 28.2. The van der Waals surface area contributed by atoms with Crippen LogP contribution in [-0.2, 0) is 14.8 Å². The average molecular weight is 380 g/mol. The molecule has 144 valence electrons. The molecule has 0 aromatic heterocycles. The minimum Gasteiger partial charge on any atom is -0.341 e. The van der Waals surface area contributed by atoms with Crippen LogP contribution >= 0.6 is 0 Å². The normalized spacial score (nSPS) is 24.1. The Morgan fingerprint density at radius 1 is 1.19 bits per heavy atom. The highest BCUT2D eigenvalue weighted by molar-refractivity contribution is 7.89. The van der Waals surface area contributed by atoms with E-state index in [0.29, 0.717) is 18.3 Å². The maximum absolute atomic E-state index is 13.1. The van der Waals surface area contributed by atoms with Gasteiger partial charge in [0.25, 0.3) is 0 Å². The number of hydrogen-bond acceptors (Lipinski definition) is 4. The molecular formula is C19H29N3O3S. The van der Waals surface area contributed by atoms with E-state index in [1.54, 1.807) is 24.3 Å². The second kappa shape index (κ2) is 7.66. The van der Waals surface area contributed by atoms with Crippen LogP contribution in [0.15, 0.2) is 29.2 Å². The van der Waals surface area contributed by atoms with Crippen LogP contribution in [0.25, 0.3) is 0 Å². The van der Waals surface area contributed by atoms with Gasteiger partial charge in [-0.05, 0) is 43.2 Å². The summed E-state index contributed by atoms with van der Waals surface area (Å²) in [5, 5.41) is 3.36. The molecule has 2 heterocycles. The number of sulfonamides is 1. The molecule has 26 heavy (non-hydrogen) atoms. The standard InChI is InChI=1S/C19H29N3O3S/c1-13(2)8-18(19(23)22-11-15-9-20-10-16(15)12-22)21-26(24,25)17-6-4-14(3)5-7-17/h4-7,13,15-16,18,20-21H,8-12H2,1-3H3/t15-,16+,18?. The molecule has 1 aromatic carbocycles. The van der Waals surface area contributed by atoms with Crippen LogP contribution in [0.3, 0.4) is 0 Å².